The van der Waals surface area contributed by atoms with Gasteiger partial charge in [-0.2, -0.15) is 0 Å². The number of hydrogen-bond acceptors (Lipinski definition) is 4. The maximum Gasteiger partial charge on any atom is 0.331 e. The molecule has 0 aliphatic heterocycles. The molecule has 2 radical (unpaired) electrons. The molecule has 3 aromatic carbocycles. The van der Waals surface area contributed by atoms with Gasteiger partial charge in [0.25, 0.3) is 0 Å². The molecule has 1 heterocycles. The lowest BCUT2D eigenvalue weighted by Crippen LogP contribution is -2.12. The Hall–Kier alpha value is -3.67. The van der Waals surface area contributed by atoms with E-state index in [2.05, 4.69) is 16.6 Å². The summed E-state index contributed by atoms with van der Waals surface area (Å²) in [5, 5.41) is 5.92. The molecule has 0 atom stereocenters. The van der Waals surface area contributed by atoms with E-state index in [4.69, 9.17) is 12.7 Å². The van der Waals surface area contributed by atoms with E-state index >= 15 is 0 Å². The Morgan fingerprint density at radius 1 is 0.909 bits per heavy atom. The molecule has 0 N–H and O–H groups in total. The first-order chi connectivity index (χ1) is 15.7. The summed E-state index contributed by atoms with van der Waals surface area (Å²) >= 11 is 0. The SMILES string of the molecule is [B]c1cc(C)c(C(=O)c2ccc3c(c2)c2cc(/C(C)=N\OC(C)=O)ccc2n3CC)c(C)c1. The number of carbonyl (C=O) groups is 2. The van der Waals surface area contributed by atoms with Gasteiger partial charge in [-0.05, 0) is 74.7 Å². The minimum Gasteiger partial charge on any atom is -0.341 e. The Kier molecular flexibility index (Phi) is 5.94. The summed E-state index contributed by atoms with van der Waals surface area (Å²) in [4.78, 5) is 29.4. The third-order valence-electron chi connectivity index (χ3n) is 5.95. The molecule has 0 unspecified atom stereocenters. The van der Waals surface area contributed by atoms with Gasteiger partial charge in [0.1, 0.15) is 7.85 Å². The zero-order valence-corrected chi connectivity index (χ0v) is 19.5. The van der Waals surface area contributed by atoms with Gasteiger partial charge in [-0.1, -0.05) is 28.8 Å². The molecule has 5 nitrogen and oxygen atoms in total. The van der Waals surface area contributed by atoms with Crippen molar-refractivity contribution in [1.82, 2.24) is 4.57 Å². The molecule has 4 aromatic rings. The van der Waals surface area contributed by atoms with Crippen LogP contribution >= 0.6 is 0 Å². The first kappa shape index (κ1) is 22.5. The van der Waals surface area contributed by atoms with Gasteiger partial charge < -0.3 is 9.40 Å². The number of aryl methyl sites for hydroxylation is 3. The Morgan fingerprint density at radius 3 is 2.00 bits per heavy atom. The van der Waals surface area contributed by atoms with Crippen LogP contribution in [0.3, 0.4) is 0 Å². The molecule has 164 valence electrons. The van der Waals surface area contributed by atoms with Crippen LogP contribution in [0.15, 0.2) is 53.7 Å². The van der Waals surface area contributed by atoms with Crippen LogP contribution in [0.5, 0.6) is 0 Å². The summed E-state index contributed by atoms with van der Waals surface area (Å²) in [5.74, 6) is -0.484. The van der Waals surface area contributed by atoms with E-state index in [0.717, 1.165) is 45.0 Å². The minimum absolute atomic E-state index is 0.0203. The fourth-order valence-corrected chi connectivity index (χ4v) is 4.50. The average Bonchev–Trinajstić information content (AvgIpc) is 3.08. The van der Waals surface area contributed by atoms with Crippen LogP contribution in [0.2, 0.25) is 0 Å². The summed E-state index contributed by atoms with van der Waals surface area (Å²) in [6, 6.07) is 15.6. The van der Waals surface area contributed by atoms with Crippen molar-refractivity contribution < 1.29 is 14.4 Å². The smallest absolute Gasteiger partial charge is 0.331 e. The van der Waals surface area contributed by atoms with Crippen molar-refractivity contribution in [2.75, 3.05) is 0 Å². The predicted octanol–water partition coefficient (Wildman–Crippen LogP) is 4.74. The topological polar surface area (TPSA) is 60.7 Å². The van der Waals surface area contributed by atoms with E-state index in [1.807, 2.05) is 62.4 Å². The van der Waals surface area contributed by atoms with Gasteiger partial charge in [0, 0.05) is 46.4 Å². The van der Waals surface area contributed by atoms with E-state index < -0.39 is 5.97 Å². The fourth-order valence-electron chi connectivity index (χ4n) is 4.50. The number of fused-ring (bicyclic) bond motifs is 3. The number of nitrogens with zero attached hydrogens (tertiary/aromatic N) is 2. The van der Waals surface area contributed by atoms with Crippen molar-refractivity contribution >= 4 is 52.6 Å². The minimum atomic E-state index is -0.463. The summed E-state index contributed by atoms with van der Waals surface area (Å²) in [7, 11) is 5.95. The maximum atomic E-state index is 13.5. The van der Waals surface area contributed by atoms with Crippen LogP contribution in [0, 0.1) is 13.8 Å². The number of ketones is 1. The monoisotopic (exact) mass is 436 g/mol. The predicted molar refractivity (Wildman–Crippen MR) is 134 cm³/mol. The maximum absolute atomic E-state index is 13.5. The largest absolute Gasteiger partial charge is 0.341 e. The molecule has 0 aliphatic carbocycles. The van der Waals surface area contributed by atoms with Crippen molar-refractivity contribution in [2.24, 2.45) is 5.16 Å². The molecular weight excluding hydrogens is 411 g/mol. The molecule has 0 spiro atoms. The highest BCUT2D eigenvalue weighted by Gasteiger charge is 2.18. The van der Waals surface area contributed by atoms with Crippen molar-refractivity contribution in [3.05, 3.63) is 76.3 Å². The van der Waals surface area contributed by atoms with Crippen LogP contribution < -0.4 is 5.46 Å². The molecule has 6 heteroatoms. The third kappa shape index (κ3) is 4.09. The lowest BCUT2D eigenvalue weighted by atomic mass is 9.86. The Labute approximate surface area is 194 Å². The standard InChI is InChI=1S/C27H25BN2O3/c1-6-30-24-9-7-19(17(4)29-33-18(5)31)13-22(24)23-14-20(8-10-25(23)30)27(32)26-15(2)11-21(28)12-16(26)3/h7-14H,6H2,1-5H3/b29-17-. The van der Waals surface area contributed by atoms with Crippen LogP contribution in [-0.4, -0.2) is 29.9 Å². The van der Waals surface area contributed by atoms with Gasteiger partial charge >= 0.3 is 5.97 Å². The molecule has 0 saturated carbocycles. The number of aromatic nitrogens is 1. The van der Waals surface area contributed by atoms with Crippen molar-refractivity contribution in [1.29, 1.82) is 0 Å². The van der Waals surface area contributed by atoms with E-state index in [9.17, 15) is 9.59 Å². The van der Waals surface area contributed by atoms with Gasteiger partial charge in [-0.25, -0.2) is 4.79 Å². The quantitative estimate of drug-likeness (QED) is 0.149. The molecule has 1 aromatic heterocycles. The number of rotatable bonds is 5. The molecule has 0 saturated heterocycles. The van der Waals surface area contributed by atoms with Gasteiger partial charge in [0.15, 0.2) is 5.78 Å². The first-order valence-electron chi connectivity index (χ1n) is 10.9. The van der Waals surface area contributed by atoms with Gasteiger partial charge in [0.2, 0.25) is 0 Å². The van der Waals surface area contributed by atoms with E-state index in [1.54, 1.807) is 6.92 Å². The second-order valence-corrected chi connectivity index (χ2v) is 8.33. The molecule has 0 bridgehead atoms. The fraction of sp³-hybridized carbons (Fsp3) is 0.222. The average molecular weight is 436 g/mol. The summed E-state index contributed by atoms with van der Waals surface area (Å²) in [6.07, 6.45) is 0. The van der Waals surface area contributed by atoms with Gasteiger partial charge in [-0.15, -0.1) is 0 Å². The normalized spacial score (nSPS) is 11.8. The summed E-state index contributed by atoms with van der Waals surface area (Å²) < 4.78 is 2.22. The first-order valence-corrected chi connectivity index (χ1v) is 10.9. The van der Waals surface area contributed by atoms with Crippen LogP contribution in [-0.2, 0) is 16.2 Å². The molecular formula is C27H25BN2O3. The van der Waals surface area contributed by atoms with E-state index in [-0.39, 0.29) is 5.78 Å². The second-order valence-electron chi connectivity index (χ2n) is 8.33. The summed E-state index contributed by atoms with van der Waals surface area (Å²) in [5.41, 5.74) is 7.29. The van der Waals surface area contributed by atoms with Crippen molar-refractivity contribution in [3.8, 4) is 0 Å². The van der Waals surface area contributed by atoms with Crippen molar-refractivity contribution in [2.45, 2.75) is 41.2 Å². The van der Waals surface area contributed by atoms with Crippen LogP contribution in [0.25, 0.3) is 21.8 Å². The van der Waals surface area contributed by atoms with Crippen LogP contribution in [0.1, 0.15) is 53.4 Å². The Bertz CT molecular complexity index is 1440. The lowest BCUT2D eigenvalue weighted by Gasteiger charge is -2.11. The van der Waals surface area contributed by atoms with Crippen molar-refractivity contribution in [3.63, 3.8) is 0 Å². The highest BCUT2D eigenvalue weighted by molar-refractivity contribution is 6.32. The Morgan fingerprint density at radius 2 is 1.45 bits per heavy atom. The molecule has 4 rings (SSSR count). The zero-order chi connectivity index (χ0) is 23.9. The number of carbonyl (C=O) groups excluding carboxylic acids is 2. The molecule has 0 aliphatic rings. The molecule has 33 heavy (non-hydrogen) atoms. The zero-order valence-electron chi connectivity index (χ0n) is 19.5. The highest BCUT2D eigenvalue weighted by atomic mass is 16.7. The number of oxime groups is 1. The van der Waals surface area contributed by atoms with Gasteiger partial charge in [0.05, 0.1) is 5.71 Å². The second kappa shape index (κ2) is 8.70. The lowest BCUT2D eigenvalue weighted by molar-refractivity contribution is -0.140. The molecule has 0 fully saturated rings. The Balaban J connectivity index is 1.89. The summed E-state index contributed by atoms with van der Waals surface area (Å²) in [6.45, 7) is 9.83. The number of hydrogen-bond donors (Lipinski definition) is 0. The molecule has 0 amide bonds. The van der Waals surface area contributed by atoms with E-state index in [1.165, 1.54) is 6.92 Å². The number of benzene rings is 3. The van der Waals surface area contributed by atoms with Gasteiger partial charge in [-0.3, -0.25) is 4.79 Å². The van der Waals surface area contributed by atoms with Crippen LogP contribution in [0.4, 0.5) is 0 Å². The third-order valence-corrected chi connectivity index (χ3v) is 5.95. The van der Waals surface area contributed by atoms with E-state index in [0.29, 0.717) is 22.3 Å². The highest BCUT2D eigenvalue weighted by Crippen LogP contribution is 2.32.